The zero-order chi connectivity index (χ0) is 8.97. The Morgan fingerprint density at radius 2 is 1.83 bits per heavy atom. The molecule has 0 heterocycles. The van der Waals surface area contributed by atoms with Gasteiger partial charge in [0, 0.05) is 0 Å². The van der Waals surface area contributed by atoms with Crippen molar-refractivity contribution in [2.75, 3.05) is 0 Å². The van der Waals surface area contributed by atoms with E-state index >= 15 is 0 Å². The molecule has 0 aliphatic heterocycles. The molecular formula is C12H17. The fourth-order valence-corrected chi connectivity index (χ4v) is 1.33. The van der Waals surface area contributed by atoms with Gasteiger partial charge in [0.05, 0.1) is 0 Å². The Morgan fingerprint density at radius 1 is 1.25 bits per heavy atom. The van der Waals surface area contributed by atoms with Crippen molar-refractivity contribution in [3.05, 3.63) is 41.8 Å². The van der Waals surface area contributed by atoms with Gasteiger partial charge in [0.1, 0.15) is 0 Å². The van der Waals surface area contributed by atoms with E-state index in [1.54, 1.807) is 5.92 Å². The van der Waals surface area contributed by atoms with Crippen molar-refractivity contribution in [1.82, 2.24) is 0 Å². The van der Waals surface area contributed by atoms with E-state index in [4.69, 9.17) is 0 Å². The maximum atomic E-state index is 2.27. The third-order valence-corrected chi connectivity index (χ3v) is 2.60. The first-order valence-corrected chi connectivity index (χ1v) is 4.63. The molecule has 0 aliphatic rings. The van der Waals surface area contributed by atoms with E-state index in [1.807, 2.05) is 0 Å². The normalized spacial score (nSPS) is 13.3. The molecule has 1 rings (SSSR count). The molecule has 0 aliphatic carbocycles. The van der Waals surface area contributed by atoms with Crippen molar-refractivity contribution in [1.29, 1.82) is 0 Å². The lowest BCUT2D eigenvalue weighted by molar-refractivity contribution is 0.713. The van der Waals surface area contributed by atoms with E-state index in [2.05, 4.69) is 51.1 Å². The largest absolute Gasteiger partial charge is 0.0648 e. The lowest BCUT2D eigenvalue weighted by Gasteiger charge is -2.17. The summed E-state index contributed by atoms with van der Waals surface area (Å²) >= 11 is 0. The quantitative estimate of drug-likeness (QED) is 0.632. The van der Waals surface area contributed by atoms with Gasteiger partial charge in [-0.25, -0.2) is 0 Å². The summed E-state index contributed by atoms with van der Waals surface area (Å²) in [6.07, 6.45) is 1.18. The Labute approximate surface area is 75.6 Å². The highest BCUT2D eigenvalue weighted by atomic mass is 14.2. The molecule has 1 aromatic carbocycles. The van der Waals surface area contributed by atoms with Crippen molar-refractivity contribution < 1.29 is 0 Å². The predicted octanol–water partition coefficient (Wildman–Crippen LogP) is 3.79. The zero-order valence-corrected chi connectivity index (χ0v) is 8.17. The van der Waals surface area contributed by atoms with Crippen LogP contribution in [-0.4, -0.2) is 0 Å². The summed E-state index contributed by atoms with van der Waals surface area (Å²) in [6, 6.07) is 10.7. The molecule has 0 saturated heterocycles. The molecule has 1 unspecified atom stereocenters. The van der Waals surface area contributed by atoms with Crippen LogP contribution in [0.2, 0.25) is 0 Å². The molecule has 0 spiro atoms. The molecule has 0 amide bonds. The second-order valence-corrected chi connectivity index (χ2v) is 3.33. The SMILES string of the molecule is CC[C](C)C(C)c1ccccc1. The summed E-state index contributed by atoms with van der Waals surface area (Å²) in [5, 5.41) is 0. The van der Waals surface area contributed by atoms with Crippen LogP contribution in [0.5, 0.6) is 0 Å². The van der Waals surface area contributed by atoms with Crippen LogP contribution in [0.3, 0.4) is 0 Å². The molecule has 1 radical (unpaired) electrons. The van der Waals surface area contributed by atoms with E-state index in [0.29, 0.717) is 5.92 Å². The number of rotatable bonds is 3. The minimum atomic E-state index is 0.608. The summed E-state index contributed by atoms with van der Waals surface area (Å²) in [7, 11) is 0. The van der Waals surface area contributed by atoms with E-state index in [1.165, 1.54) is 12.0 Å². The van der Waals surface area contributed by atoms with Gasteiger partial charge in [0.2, 0.25) is 0 Å². The van der Waals surface area contributed by atoms with Gasteiger partial charge in [-0.15, -0.1) is 0 Å². The second kappa shape index (κ2) is 4.30. The van der Waals surface area contributed by atoms with Crippen LogP contribution in [0.25, 0.3) is 0 Å². The Hall–Kier alpha value is -0.780. The monoisotopic (exact) mass is 161 g/mol. The Balaban J connectivity index is 2.71. The van der Waals surface area contributed by atoms with E-state index in [0.717, 1.165) is 0 Å². The third-order valence-electron chi connectivity index (χ3n) is 2.60. The average Bonchev–Trinajstić information content (AvgIpc) is 2.17. The van der Waals surface area contributed by atoms with Gasteiger partial charge < -0.3 is 0 Å². The number of hydrogen-bond acceptors (Lipinski definition) is 0. The minimum Gasteiger partial charge on any atom is -0.0648 e. The van der Waals surface area contributed by atoms with Crippen molar-refractivity contribution in [2.24, 2.45) is 0 Å². The third kappa shape index (κ3) is 2.10. The smallest absolute Gasteiger partial charge is 0.0131 e. The molecule has 65 valence electrons. The van der Waals surface area contributed by atoms with Gasteiger partial charge in [-0.3, -0.25) is 0 Å². The molecular weight excluding hydrogens is 144 g/mol. The van der Waals surface area contributed by atoms with Crippen LogP contribution in [0, 0.1) is 5.92 Å². The molecule has 12 heavy (non-hydrogen) atoms. The first kappa shape index (κ1) is 9.31. The topological polar surface area (TPSA) is 0 Å². The minimum absolute atomic E-state index is 0.608. The lowest BCUT2D eigenvalue weighted by Crippen LogP contribution is -2.02. The first-order valence-electron chi connectivity index (χ1n) is 4.63. The highest BCUT2D eigenvalue weighted by Gasteiger charge is 2.11. The molecule has 0 aromatic heterocycles. The molecule has 0 saturated carbocycles. The van der Waals surface area contributed by atoms with Gasteiger partial charge in [-0.05, 0) is 23.8 Å². The van der Waals surface area contributed by atoms with E-state index < -0.39 is 0 Å². The van der Waals surface area contributed by atoms with E-state index in [-0.39, 0.29) is 0 Å². The maximum absolute atomic E-state index is 2.27. The van der Waals surface area contributed by atoms with Crippen molar-refractivity contribution in [3.8, 4) is 0 Å². The molecule has 0 fully saturated rings. The zero-order valence-electron chi connectivity index (χ0n) is 8.17. The summed E-state index contributed by atoms with van der Waals surface area (Å²) in [6.45, 7) is 6.72. The van der Waals surface area contributed by atoms with Crippen LogP contribution in [0.15, 0.2) is 30.3 Å². The molecule has 0 nitrogen and oxygen atoms in total. The summed E-state index contributed by atoms with van der Waals surface area (Å²) in [5.74, 6) is 2.16. The first-order chi connectivity index (χ1) is 5.75. The summed E-state index contributed by atoms with van der Waals surface area (Å²) < 4.78 is 0. The van der Waals surface area contributed by atoms with Crippen LogP contribution < -0.4 is 0 Å². The fourth-order valence-electron chi connectivity index (χ4n) is 1.33. The molecule has 1 aromatic rings. The average molecular weight is 161 g/mol. The summed E-state index contributed by atoms with van der Waals surface area (Å²) in [5.41, 5.74) is 1.43. The van der Waals surface area contributed by atoms with Gasteiger partial charge in [0.15, 0.2) is 0 Å². The highest BCUT2D eigenvalue weighted by Crippen LogP contribution is 2.27. The molecule has 0 N–H and O–H groups in total. The van der Waals surface area contributed by atoms with Crippen LogP contribution >= 0.6 is 0 Å². The summed E-state index contributed by atoms with van der Waals surface area (Å²) in [4.78, 5) is 0. The Morgan fingerprint density at radius 3 is 2.33 bits per heavy atom. The van der Waals surface area contributed by atoms with Crippen LogP contribution in [-0.2, 0) is 0 Å². The predicted molar refractivity (Wildman–Crippen MR) is 54.1 cm³/mol. The standard InChI is InChI=1S/C12H17/c1-4-10(2)11(3)12-8-6-5-7-9-12/h5-9,11H,4H2,1-3H3. The van der Waals surface area contributed by atoms with Gasteiger partial charge in [-0.2, -0.15) is 0 Å². The molecule has 0 bridgehead atoms. The van der Waals surface area contributed by atoms with Crippen LogP contribution in [0.4, 0.5) is 0 Å². The van der Waals surface area contributed by atoms with Gasteiger partial charge >= 0.3 is 0 Å². The number of hydrogen-bond donors (Lipinski definition) is 0. The Bertz CT molecular complexity index is 213. The van der Waals surface area contributed by atoms with Crippen LogP contribution in [0.1, 0.15) is 38.7 Å². The number of benzene rings is 1. The van der Waals surface area contributed by atoms with Crippen molar-refractivity contribution >= 4 is 0 Å². The van der Waals surface area contributed by atoms with E-state index in [9.17, 15) is 0 Å². The highest BCUT2D eigenvalue weighted by molar-refractivity contribution is 5.23. The van der Waals surface area contributed by atoms with Gasteiger partial charge in [0.25, 0.3) is 0 Å². The van der Waals surface area contributed by atoms with Crippen molar-refractivity contribution in [3.63, 3.8) is 0 Å². The maximum Gasteiger partial charge on any atom is -0.0131 e. The fraction of sp³-hybridized carbons (Fsp3) is 0.417. The second-order valence-electron chi connectivity index (χ2n) is 3.33. The molecule has 0 heteroatoms. The van der Waals surface area contributed by atoms with Crippen molar-refractivity contribution in [2.45, 2.75) is 33.1 Å². The van der Waals surface area contributed by atoms with Gasteiger partial charge in [-0.1, -0.05) is 51.1 Å². The Kier molecular flexibility index (Phi) is 3.33. The molecule has 1 atom stereocenters. The lowest BCUT2D eigenvalue weighted by atomic mass is 9.87.